The summed E-state index contributed by atoms with van der Waals surface area (Å²) in [5.74, 6) is 0.374. The summed E-state index contributed by atoms with van der Waals surface area (Å²) < 4.78 is 0. The van der Waals surface area contributed by atoms with E-state index in [1.807, 2.05) is 24.0 Å². The molecule has 1 saturated heterocycles. The number of amides is 2. The van der Waals surface area contributed by atoms with Crippen LogP contribution >= 0.6 is 0 Å². The highest BCUT2D eigenvalue weighted by molar-refractivity contribution is 5.90. The van der Waals surface area contributed by atoms with Gasteiger partial charge < -0.3 is 10.2 Å². The minimum absolute atomic E-state index is 0.0142. The maximum absolute atomic E-state index is 12.7. The number of aromatic nitrogens is 1. The van der Waals surface area contributed by atoms with E-state index in [0.717, 1.165) is 18.4 Å². The van der Waals surface area contributed by atoms with Gasteiger partial charge in [0.25, 0.3) is 0 Å². The third-order valence-electron chi connectivity index (χ3n) is 4.19. The molecule has 2 amide bonds. The molecule has 0 bridgehead atoms. The van der Waals surface area contributed by atoms with Gasteiger partial charge in [0.15, 0.2) is 0 Å². The summed E-state index contributed by atoms with van der Waals surface area (Å²) in [6.45, 7) is 2.49. The zero-order valence-electron chi connectivity index (χ0n) is 11.6. The van der Waals surface area contributed by atoms with Gasteiger partial charge in [-0.2, -0.15) is 0 Å². The van der Waals surface area contributed by atoms with Gasteiger partial charge in [-0.15, -0.1) is 0 Å². The third kappa shape index (κ3) is 2.53. The molecule has 1 N–H and O–H groups in total. The topological polar surface area (TPSA) is 62.3 Å². The first-order valence-electron chi connectivity index (χ1n) is 7.16. The molecule has 2 atom stereocenters. The monoisotopic (exact) mass is 273 g/mol. The maximum Gasteiger partial charge on any atom is 0.245 e. The first-order chi connectivity index (χ1) is 9.66. The van der Waals surface area contributed by atoms with Crippen molar-refractivity contribution in [1.82, 2.24) is 15.2 Å². The molecule has 1 aromatic rings. The zero-order valence-corrected chi connectivity index (χ0v) is 11.6. The molecule has 2 heterocycles. The molecule has 20 heavy (non-hydrogen) atoms. The second kappa shape index (κ2) is 5.23. The van der Waals surface area contributed by atoms with Crippen LogP contribution in [0.4, 0.5) is 0 Å². The van der Waals surface area contributed by atoms with E-state index in [1.165, 1.54) is 0 Å². The second-order valence-corrected chi connectivity index (χ2v) is 5.62. The predicted octanol–water partition coefficient (Wildman–Crippen LogP) is 1.27. The number of carbonyl (C=O) groups excluding carboxylic acids is 2. The van der Waals surface area contributed by atoms with Gasteiger partial charge in [0.05, 0.1) is 6.04 Å². The summed E-state index contributed by atoms with van der Waals surface area (Å²) in [6, 6.07) is 3.49. The van der Waals surface area contributed by atoms with Gasteiger partial charge in [0.2, 0.25) is 11.8 Å². The Labute approximate surface area is 118 Å². The van der Waals surface area contributed by atoms with Crippen LogP contribution in [0.15, 0.2) is 24.5 Å². The number of rotatable bonds is 3. The molecule has 5 nitrogen and oxygen atoms in total. The molecule has 0 radical (unpaired) electrons. The lowest BCUT2D eigenvalue weighted by atomic mass is 10.1. The Bertz CT molecular complexity index is 513. The summed E-state index contributed by atoms with van der Waals surface area (Å²) in [4.78, 5) is 30.3. The van der Waals surface area contributed by atoms with Crippen LogP contribution in [0.5, 0.6) is 0 Å². The number of hydrogen-bond donors (Lipinski definition) is 1. The Balaban J connectivity index is 1.83. The van der Waals surface area contributed by atoms with E-state index in [9.17, 15) is 9.59 Å². The normalized spacial score (nSPS) is 25.1. The first kappa shape index (κ1) is 13.1. The summed E-state index contributed by atoms with van der Waals surface area (Å²) in [5, 5.41) is 2.88. The molecular formula is C15H19N3O2. The van der Waals surface area contributed by atoms with Crippen LogP contribution in [-0.2, 0) is 9.59 Å². The molecule has 2 fully saturated rings. The molecular weight excluding hydrogens is 254 g/mol. The van der Waals surface area contributed by atoms with E-state index >= 15 is 0 Å². The molecule has 5 heteroatoms. The Kier molecular flexibility index (Phi) is 3.42. The Morgan fingerprint density at radius 3 is 2.65 bits per heavy atom. The van der Waals surface area contributed by atoms with Gasteiger partial charge in [0, 0.05) is 25.4 Å². The van der Waals surface area contributed by atoms with Crippen molar-refractivity contribution in [3.8, 4) is 0 Å². The zero-order chi connectivity index (χ0) is 14.1. The van der Waals surface area contributed by atoms with Gasteiger partial charge in [-0.25, -0.2) is 0 Å². The van der Waals surface area contributed by atoms with Crippen molar-refractivity contribution >= 4 is 11.8 Å². The molecule has 0 aromatic carbocycles. The standard InChI is InChI=1S/C15H19N3O2/c1-10(11-4-7-16-8-5-11)18-9-6-13(19)17-14(15(18)20)12-2-3-12/h4-5,7-8,10,12,14H,2-3,6,9H2,1H3,(H,17,19). The summed E-state index contributed by atoms with van der Waals surface area (Å²) >= 11 is 0. The van der Waals surface area contributed by atoms with Crippen LogP contribution in [0.2, 0.25) is 0 Å². The minimum Gasteiger partial charge on any atom is -0.344 e. The molecule has 106 valence electrons. The smallest absolute Gasteiger partial charge is 0.245 e. The molecule has 1 saturated carbocycles. The van der Waals surface area contributed by atoms with E-state index < -0.39 is 0 Å². The van der Waals surface area contributed by atoms with Crippen LogP contribution in [0, 0.1) is 5.92 Å². The summed E-state index contributed by atoms with van der Waals surface area (Å²) in [5.41, 5.74) is 1.05. The van der Waals surface area contributed by atoms with Crippen molar-refractivity contribution < 1.29 is 9.59 Å². The van der Waals surface area contributed by atoms with Crippen molar-refractivity contribution in [2.24, 2.45) is 5.92 Å². The molecule has 2 aliphatic rings. The van der Waals surface area contributed by atoms with Gasteiger partial charge in [-0.1, -0.05) is 0 Å². The Morgan fingerprint density at radius 2 is 2.00 bits per heavy atom. The lowest BCUT2D eigenvalue weighted by Gasteiger charge is -2.30. The molecule has 2 unspecified atom stereocenters. The highest BCUT2D eigenvalue weighted by Crippen LogP contribution is 2.35. The maximum atomic E-state index is 12.7. The van der Waals surface area contributed by atoms with Gasteiger partial charge in [-0.05, 0) is 43.4 Å². The Hall–Kier alpha value is -1.91. The number of pyridine rings is 1. The van der Waals surface area contributed by atoms with Gasteiger partial charge >= 0.3 is 0 Å². The van der Waals surface area contributed by atoms with E-state index in [2.05, 4.69) is 10.3 Å². The lowest BCUT2D eigenvalue weighted by Crippen LogP contribution is -2.46. The molecule has 0 spiro atoms. The van der Waals surface area contributed by atoms with Crippen LogP contribution in [0.3, 0.4) is 0 Å². The van der Waals surface area contributed by atoms with Crippen LogP contribution in [0.25, 0.3) is 0 Å². The Morgan fingerprint density at radius 1 is 1.30 bits per heavy atom. The minimum atomic E-state index is -0.325. The largest absolute Gasteiger partial charge is 0.344 e. The van der Waals surface area contributed by atoms with Crippen molar-refractivity contribution in [3.63, 3.8) is 0 Å². The summed E-state index contributed by atoms with van der Waals surface area (Å²) in [6.07, 6.45) is 5.92. The van der Waals surface area contributed by atoms with Crippen molar-refractivity contribution in [1.29, 1.82) is 0 Å². The highest BCUT2D eigenvalue weighted by Gasteiger charge is 2.42. The highest BCUT2D eigenvalue weighted by atomic mass is 16.2. The number of nitrogens with zero attached hydrogens (tertiary/aromatic N) is 2. The van der Waals surface area contributed by atoms with E-state index in [1.54, 1.807) is 12.4 Å². The quantitative estimate of drug-likeness (QED) is 0.902. The van der Waals surface area contributed by atoms with Crippen LogP contribution in [-0.4, -0.2) is 34.3 Å². The van der Waals surface area contributed by atoms with E-state index in [4.69, 9.17) is 0 Å². The number of nitrogens with one attached hydrogen (secondary N) is 1. The first-order valence-corrected chi connectivity index (χ1v) is 7.16. The molecule has 1 aliphatic carbocycles. The van der Waals surface area contributed by atoms with Crippen molar-refractivity contribution in [2.75, 3.05) is 6.54 Å². The fraction of sp³-hybridized carbons (Fsp3) is 0.533. The molecule has 3 rings (SSSR count). The van der Waals surface area contributed by atoms with E-state index in [0.29, 0.717) is 18.9 Å². The van der Waals surface area contributed by atoms with Crippen LogP contribution in [0.1, 0.15) is 37.8 Å². The average Bonchev–Trinajstić information content (AvgIpc) is 3.29. The second-order valence-electron chi connectivity index (χ2n) is 5.62. The van der Waals surface area contributed by atoms with E-state index in [-0.39, 0.29) is 23.9 Å². The molecule has 1 aliphatic heterocycles. The van der Waals surface area contributed by atoms with Crippen molar-refractivity contribution in [3.05, 3.63) is 30.1 Å². The summed E-state index contributed by atoms with van der Waals surface area (Å²) in [7, 11) is 0. The number of carbonyl (C=O) groups is 2. The van der Waals surface area contributed by atoms with Crippen LogP contribution < -0.4 is 5.32 Å². The fourth-order valence-corrected chi connectivity index (χ4v) is 2.77. The molecule has 1 aromatic heterocycles. The number of hydrogen-bond acceptors (Lipinski definition) is 3. The third-order valence-corrected chi connectivity index (χ3v) is 4.19. The lowest BCUT2D eigenvalue weighted by molar-refractivity contribution is -0.136. The van der Waals surface area contributed by atoms with Gasteiger partial charge in [0.1, 0.15) is 6.04 Å². The average molecular weight is 273 g/mol. The van der Waals surface area contributed by atoms with Gasteiger partial charge in [-0.3, -0.25) is 14.6 Å². The predicted molar refractivity (Wildman–Crippen MR) is 73.6 cm³/mol. The fourth-order valence-electron chi connectivity index (χ4n) is 2.77. The SMILES string of the molecule is CC(c1ccncc1)N1CCC(=O)NC(C2CC2)C1=O. The van der Waals surface area contributed by atoms with Crippen molar-refractivity contribution in [2.45, 2.75) is 38.3 Å².